The van der Waals surface area contributed by atoms with Gasteiger partial charge in [-0.05, 0) is 37.5 Å². The molecule has 1 N–H and O–H groups in total. The molecule has 0 radical (unpaired) electrons. The van der Waals surface area contributed by atoms with E-state index in [1.807, 2.05) is 4.90 Å². The van der Waals surface area contributed by atoms with Gasteiger partial charge in [0, 0.05) is 57.8 Å². The Balaban J connectivity index is 1.41. The van der Waals surface area contributed by atoms with Gasteiger partial charge in [0.05, 0.1) is 6.54 Å². The number of carbonyl (C=O) groups excluding carboxylic acids is 3. The molecule has 8 heteroatoms. The summed E-state index contributed by atoms with van der Waals surface area (Å²) in [6, 6.07) is 4.66. The predicted octanol–water partition coefficient (Wildman–Crippen LogP) is 1.02. The standard InChI is InChI=1S/C21H29FN4O3/c1-15-3-4-17(13-19(15)22)21(29)26-11-9-24(10-12-26)14-20(28)23-18-5-7-25(8-6-18)16(2)27/h3-4,13,18H,5-12,14H2,1-2H3,(H,23,28). The topological polar surface area (TPSA) is 73.0 Å². The molecule has 29 heavy (non-hydrogen) atoms. The van der Waals surface area contributed by atoms with E-state index in [1.165, 1.54) is 6.07 Å². The number of piperidine rings is 1. The van der Waals surface area contributed by atoms with Crippen LogP contribution in [0.25, 0.3) is 0 Å². The van der Waals surface area contributed by atoms with Crippen molar-refractivity contribution in [3.8, 4) is 0 Å². The average molecular weight is 404 g/mol. The van der Waals surface area contributed by atoms with E-state index in [1.54, 1.807) is 35.8 Å². The molecule has 2 aliphatic rings. The molecule has 3 rings (SSSR count). The molecule has 0 aromatic heterocycles. The van der Waals surface area contributed by atoms with E-state index >= 15 is 0 Å². The van der Waals surface area contributed by atoms with Crippen molar-refractivity contribution >= 4 is 17.7 Å². The van der Waals surface area contributed by atoms with Crippen LogP contribution in [0, 0.1) is 12.7 Å². The third-order valence-electron chi connectivity index (χ3n) is 5.75. The Hall–Kier alpha value is -2.48. The van der Waals surface area contributed by atoms with Crippen molar-refractivity contribution in [3.63, 3.8) is 0 Å². The van der Waals surface area contributed by atoms with Gasteiger partial charge in [0.1, 0.15) is 5.82 Å². The van der Waals surface area contributed by atoms with Crippen LogP contribution < -0.4 is 5.32 Å². The lowest BCUT2D eigenvalue weighted by atomic mass is 10.1. The van der Waals surface area contributed by atoms with Crippen molar-refractivity contribution < 1.29 is 18.8 Å². The van der Waals surface area contributed by atoms with Gasteiger partial charge in [0.2, 0.25) is 11.8 Å². The van der Waals surface area contributed by atoms with Crippen molar-refractivity contribution in [1.82, 2.24) is 20.0 Å². The predicted molar refractivity (Wildman–Crippen MR) is 107 cm³/mol. The van der Waals surface area contributed by atoms with Crippen LogP contribution in [0.15, 0.2) is 18.2 Å². The summed E-state index contributed by atoms with van der Waals surface area (Å²) in [4.78, 5) is 41.8. The minimum absolute atomic E-state index is 0.0216. The molecule has 2 aliphatic heterocycles. The maximum absolute atomic E-state index is 13.7. The molecule has 0 bridgehead atoms. The summed E-state index contributed by atoms with van der Waals surface area (Å²) in [5.74, 6) is -0.493. The highest BCUT2D eigenvalue weighted by Crippen LogP contribution is 2.14. The zero-order valence-corrected chi connectivity index (χ0v) is 17.1. The van der Waals surface area contributed by atoms with Gasteiger partial charge in [-0.25, -0.2) is 4.39 Å². The quantitative estimate of drug-likeness (QED) is 0.813. The zero-order valence-electron chi connectivity index (χ0n) is 17.1. The van der Waals surface area contributed by atoms with Crippen molar-refractivity contribution in [3.05, 3.63) is 35.1 Å². The maximum Gasteiger partial charge on any atom is 0.254 e. The molecule has 0 unspecified atom stereocenters. The average Bonchev–Trinajstić information content (AvgIpc) is 2.70. The van der Waals surface area contributed by atoms with Crippen LogP contribution in [-0.4, -0.2) is 84.3 Å². The molecule has 1 aromatic carbocycles. The molecule has 0 atom stereocenters. The highest BCUT2D eigenvalue weighted by Gasteiger charge is 2.26. The monoisotopic (exact) mass is 404 g/mol. The van der Waals surface area contributed by atoms with Gasteiger partial charge in [-0.3, -0.25) is 19.3 Å². The Morgan fingerprint density at radius 1 is 1.03 bits per heavy atom. The Bertz CT molecular complexity index is 769. The number of aryl methyl sites for hydroxylation is 1. The second-order valence-electron chi connectivity index (χ2n) is 7.88. The first-order valence-electron chi connectivity index (χ1n) is 10.2. The number of carbonyl (C=O) groups is 3. The fourth-order valence-electron chi connectivity index (χ4n) is 3.83. The summed E-state index contributed by atoms with van der Waals surface area (Å²) in [6.45, 7) is 7.14. The summed E-state index contributed by atoms with van der Waals surface area (Å²) in [6.07, 6.45) is 1.56. The maximum atomic E-state index is 13.7. The summed E-state index contributed by atoms with van der Waals surface area (Å²) in [5.41, 5.74) is 0.876. The van der Waals surface area contributed by atoms with Gasteiger partial charge in [-0.2, -0.15) is 0 Å². The summed E-state index contributed by atoms with van der Waals surface area (Å²) in [7, 11) is 0. The number of rotatable bonds is 4. The van der Waals surface area contributed by atoms with E-state index in [0.29, 0.717) is 56.9 Å². The Morgan fingerprint density at radius 2 is 1.69 bits per heavy atom. The number of piperazine rings is 1. The molecule has 3 amide bonds. The van der Waals surface area contributed by atoms with Gasteiger partial charge in [0.25, 0.3) is 5.91 Å². The fraction of sp³-hybridized carbons (Fsp3) is 0.571. The Morgan fingerprint density at radius 3 is 2.28 bits per heavy atom. The number of hydrogen-bond donors (Lipinski definition) is 1. The normalized spacial score (nSPS) is 18.6. The number of nitrogens with zero attached hydrogens (tertiary/aromatic N) is 3. The molecular weight excluding hydrogens is 375 g/mol. The summed E-state index contributed by atoms with van der Waals surface area (Å²) >= 11 is 0. The molecule has 0 spiro atoms. The molecule has 7 nitrogen and oxygen atoms in total. The fourth-order valence-corrected chi connectivity index (χ4v) is 3.83. The van der Waals surface area contributed by atoms with Crippen molar-refractivity contribution in [1.29, 1.82) is 0 Å². The number of halogens is 1. The minimum atomic E-state index is -0.375. The highest BCUT2D eigenvalue weighted by atomic mass is 19.1. The van der Waals surface area contributed by atoms with E-state index < -0.39 is 0 Å². The molecule has 1 aromatic rings. The zero-order chi connectivity index (χ0) is 21.0. The van der Waals surface area contributed by atoms with E-state index in [4.69, 9.17) is 0 Å². The van der Waals surface area contributed by atoms with Crippen molar-refractivity contribution in [2.75, 3.05) is 45.8 Å². The molecule has 2 fully saturated rings. The Labute approximate surface area is 170 Å². The Kier molecular flexibility index (Phi) is 6.84. The highest BCUT2D eigenvalue weighted by molar-refractivity contribution is 5.94. The third kappa shape index (κ3) is 5.53. The molecule has 158 valence electrons. The second kappa shape index (κ2) is 9.35. The van der Waals surface area contributed by atoms with E-state index in [2.05, 4.69) is 5.32 Å². The van der Waals surface area contributed by atoms with Gasteiger partial charge >= 0.3 is 0 Å². The van der Waals surface area contributed by atoms with Crippen LogP contribution in [0.5, 0.6) is 0 Å². The number of benzene rings is 1. The van der Waals surface area contributed by atoms with Crippen LogP contribution in [0.1, 0.15) is 35.7 Å². The van der Waals surface area contributed by atoms with Crippen LogP contribution in [-0.2, 0) is 9.59 Å². The smallest absolute Gasteiger partial charge is 0.254 e. The van der Waals surface area contributed by atoms with Crippen molar-refractivity contribution in [2.24, 2.45) is 0 Å². The third-order valence-corrected chi connectivity index (χ3v) is 5.75. The van der Waals surface area contributed by atoms with Crippen LogP contribution in [0.2, 0.25) is 0 Å². The van der Waals surface area contributed by atoms with E-state index in [0.717, 1.165) is 12.8 Å². The first kappa shape index (κ1) is 21.2. The lowest BCUT2D eigenvalue weighted by Gasteiger charge is -2.35. The van der Waals surface area contributed by atoms with E-state index in [9.17, 15) is 18.8 Å². The van der Waals surface area contributed by atoms with Gasteiger partial charge in [0.15, 0.2) is 0 Å². The first-order valence-corrected chi connectivity index (χ1v) is 10.2. The van der Waals surface area contributed by atoms with Crippen molar-refractivity contribution in [2.45, 2.75) is 32.7 Å². The van der Waals surface area contributed by atoms with Crippen LogP contribution in [0.3, 0.4) is 0 Å². The van der Waals surface area contributed by atoms with Gasteiger partial charge in [-0.1, -0.05) is 6.07 Å². The number of amides is 3. The number of nitrogens with one attached hydrogen (secondary N) is 1. The molecule has 2 saturated heterocycles. The summed E-state index contributed by atoms with van der Waals surface area (Å²) in [5, 5.41) is 3.06. The van der Waals surface area contributed by atoms with Gasteiger partial charge < -0.3 is 15.1 Å². The lowest BCUT2D eigenvalue weighted by molar-refractivity contribution is -0.130. The summed E-state index contributed by atoms with van der Waals surface area (Å²) < 4.78 is 13.7. The van der Waals surface area contributed by atoms with Crippen LogP contribution >= 0.6 is 0 Å². The molecule has 2 heterocycles. The molecular formula is C21H29FN4O3. The lowest BCUT2D eigenvalue weighted by Crippen LogP contribution is -2.53. The minimum Gasteiger partial charge on any atom is -0.352 e. The second-order valence-corrected chi connectivity index (χ2v) is 7.88. The number of hydrogen-bond acceptors (Lipinski definition) is 4. The molecule has 0 aliphatic carbocycles. The van der Waals surface area contributed by atoms with E-state index in [-0.39, 0.29) is 29.6 Å². The molecule has 0 saturated carbocycles. The van der Waals surface area contributed by atoms with Gasteiger partial charge in [-0.15, -0.1) is 0 Å². The largest absolute Gasteiger partial charge is 0.352 e. The first-order chi connectivity index (χ1) is 13.8. The van der Waals surface area contributed by atoms with Crippen LogP contribution in [0.4, 0.5) is 4.39 Å². The number of likely N-dealkylation sites (tertiary alicyclic amines) is 1. The SMILES string of the molecule is CC(=O)N1CCC(NC(=O)CN2CCN(C(=O)c3ccc(C)c(F)c3)CC2)CC1.